The van der Waals surface area contributed by atoms with E-state index in [1.54, 1.807) is 17.6 Å². The van der Waals surface area contributed by atoms with Crippen molar-refractivity contribution in [3.63, 3.8) is 0 Å². The molecule has 1 amide bonds. The molecule has 168 valence electrons. The summed E-state index contributed by atoms with van der Waals surface area (Å²) in [6, 6.07) is 15.6. The van der Waals surface area contributed by atoms with E-state index in [1.807, 2.05) is 42.2 Å². The summed E-state index contributed by atoms with van der Waals surface area (Å²) in [5, 5.41) is 9.13. The Labute approximate surface area is 182 Å². The third kappa shape index (κ3) is 6.03. The van der Waals surface area contributed by atoms with Gasteiger partial charge in [0.25, 0.3) is 0 Å². The summed E-state index contributed by atoms with van der Waals surface area (Å²) in [5.74, 6) is -2.30. The van der Waals surface area contributed by atoms with Gasteiger partial charge < -0.3 is 4.90 Å². The van der Waals surface area contributed by atoms with Crippen molar-refractivity contribution in [3.8, 4) is 0 Å². The van der Waals surface area contributed by atoms with Crippen LogP contribution in [0.25, 0.3) is 0 Å². The number of halogens is 1. The lowest BCUT2D eigenvalue weighted by Crippen LogP contribution is -2.50. The van der Waals surface area contributed by atoms with Crippen LogP contribution in [-0.4, -0.2) is 55.8 Å². The number of hydrogen-bond acceptors (Lipinski definition) is 5. The van der Waals surface area contributed by atoms with Crippen molar-refractivity contribution in [2.45, 2.75) is 19.3 Å². The Bertz CT molecular complexity index is 962. The molecule has 1 aliphatic rings. The molecule has 0 bridgehead atoms. The highest BCUT2D eigenvalue weighted by molar-refractivity contribution is 7.89. The van der Waals surface area contributed by atoms with E-state index in [4.69, 9.17) is 5.21 Å². The van der Waals surface area contributed by atoms with Crippen molar-refractivity contribution >= 4 is 21.6 Å². The largest absolute Gasteiger partial charge is 0.369 e. The van der Waals surface area contributed by atoms with Gasteiger partial charge in [0.1, 0.15) is 5.82 Å². The molecule has 0 spiro atoms. The number of sulfonamides is 1. The molecule has 7 nitrogen and oxygen atoms in total. The lowest BCUT2D eigenvalue weighted by atomic mass is 9.91. The Morgan fingerprint density at radius 2 is 1.68 bits per heavy atom. The first-order valence-corrected chi connectivity index (χ1v) is 11.9. The minimum atomic E-state index is -3.70. The van der Waals surface area contributed by atoms with Crippen molar-refractivity contribution in [2.75, 3.05) is 36.8 Å². The van der Waals surface area contributed by atoms with Crippen LogP contribution in [0.1, 0.15) is 24.8 Å². The molecular formula is C22H28FN3O4S. The van der Waals surface area contributed by atoms with E-state index >= 15 is 0 Å². The van der Waals surface area contributed by atoms with Crippen LogP contribution in [-0.2, 0) is 14.8 Å². The van der Waals surface area contributed by atoms with E-state index in [1.165, 1.54) is 16.4 Å². The molecule has 2 atom stereocenters. The van der Waals surface area contributed by atoms with Crippen molar-refractivity contribution in [1.82, 2.24) is 9.79 Å². The van der Waals surface area contributed by atoms with Crippen LogP contribution in [0.3, 0.4) is 0 Å². The lowest BCUT2D eigenvalue weighted by molar-refractivity contribution is -0.133. The molecule has 1 aliphatic heterocycles. The molecule has 3 rings (SSSR count). The Balaban J connectivity index is 1.64. The quantitative estimate of drug-likeness (QED) is 0.478. The highest BCUT2D eigenvalue weighted by Gasteiger charge is 2.33. The Hall–Kier alpha value is -2.49. The zero-order valence-corrected chi connectivity index (χ0v) is 18.3. The van der Waals surface area contributed by atoms with Gasteiger partial charge in [-0.15, -0.1) is 0 Å². The maximum Gasteiger partial charge on any atom is 0.247 e. The van der Waals surface area contributed by atoms with Crippen LogP contribution in [0.15, 0.2) is 54.6 Å². The number of piperazine rings is 1. The highest BCUT2D eigenvalue weighted by atomic mass is 32.2. The van der Waals surface area contributed by atoms with Crippen molar-refractivity contribution in [3.05, 3.63) is 66.0 Å². The van der Waals surface area contributed by atoms with Gasteiger partial charge in [0, 0.05) is 31.9 Å². The number of anilines is 1. The van der Waals surface area contributed by atoms with Gasteiger partial charge in [-0.3, -0.25) is 10.0 Å². The number of hydrogen-bond donors (Lipinski definition) is 2. The monoisotopic (exact) mass is 449 g/mol. The number of rotatable bonds is 8. The zero-order valence-electron chi connectivity index (χ0n) is 17.4. The van der Waals surface area contributed by atoms with Gasteiger partial charge in [-0.05, 0) is 42.2 Å². The standard InChI is InChI=1S/C22H28FN3O4S/c1-17(18-5-3-2-4-6-18)15-19(22(27)24-28)16-31(29,30)26-13-11-25(12-14-26)21-9-7-20(23)8-10-21/h2-10,17,19,28H,11-16H2,1H3,(H,24,27). The van der Waals surface area contributed by atoms with Gasteiger partial charge in [-0.1, -0.05) is 37.3 Å². The Kier molecular flexibility index (Phi) is 7.64. The number of carbonyl (C=O) groups excluding carboxylic acids is 1. The minimum absolute atomic E-state index is 0.0472. The molecule has 1 heterocycles. The van der Waals surface area contributed by atoms with Crippen LogP contribution >= 0.6 is 0 Å². The van der Waals surface area contributed by atoms with E-state index in [2.05, 4.69) is 0 Å². The molecule has 2 aromatic carbocycles. The molecule has 1 saturated heterocycles. The van der Waals surface area contributed by atoms with Gasteiger partial charge in [-0.2, -0.15) is 4.31 Å². The van der Waals surface area contributed by atoms with Gasteiger partial charge in [0.2, 0.25) is 15.9 Å². The second kappa shape index (κ2) is 10.2. The van der Waals surface area contributed by atoms with E-state index < -0.39 is 21.8 Å². The fourth-order valence-electron chi connectivity index (χ4n) is 3.92. The molecule has 1 fully saturated rings. The smallest absolute Gasteiger partial charge is 0.247 e. The minimum Gasteiger partial charge on any atom is -0.369 e. The molecular weight excluding hydrogens is 421 g/mol. The fraction of sp³-hybridized carbons (Fsp3) is 0.409. The first-order valence-electron chi connectivity index (χ1n) is 10.3. The van der Waals surface area contributed by atoms with Crippen LogP contribution in [0, 0.1) is 11.7 Å². The summed E-state index contributed by atoms with van der Waals surface area (Å²) >= 11 is 0. The number of amides is 1. The molecule has 0 radical (unpaired) electrons. The predicted octanol–water partition coefficient (Wildman–Crippen LogP) is 2.59. The average Bonchev–Trinajstić information content (AvgIpc) is 2.79. The number of nitrogens with one attached hydrogen (secondary N) is 1. The summed E-state index contributed by atoms with van der Waals surface area (Å²) in [6.07, 6.45) is 0.297. The Morgan fingerprint density at radius 1 is 1.06 bits per heavy atom. The topological polar surface area (TPSA) is 90.0 Å². The van der Waals surface area contributed by atoms with Crippen molar-refractivity contribution in [2.24, 2.45) is 5.92 Å². The van der Waals surface area contributed by atoms with Gasteiger partial charge in [0.15, 0.2) is 0 Å². The van der Waals surface area contributed by atoms with E-state index in [9.17, 15) is 17.6 Å². The van der Waals surface area contributed by atoms with Crippen LogP contribution < -0.4 is 10.4 Å². The number of nitrogens with zero attached hydrogens (tertiary/aromatic N) is 2. The second-order valence-electron chi connectivity index (χ2n) is 7.86. The first-order chi connectivity index (χ1) is 14.8. The van der Waals surface area contributed by atoms with Crippen molar-refractivity contribution < 1.29 is 22.8 Å². The molecule has 0 aromatic heterocycles. The van der Waals surface area contributed by atoms with E-state index in [0.29, 0.717) is 19.5 Å². The second-order valence-corrected chi connectivity index (χ2v) is 9.88. The first kappa shape index (κ1) is 23.2. The van der Waals surface area contributed by atoms with Crippen LogP contribution in [0.2, 0.25) is 0 Å². The molecule has 0 aliphatic carbocycles. The molecule has 2 N–H and O–H groups in total. The molecule has 0 saturated carbocycles. The van der Waals surface area contributed by atoms with Crippen LogP contribution in [0.4, 0.5) is 10.1 Å². The summed E-state index contributed by atoms with van der Waals surface area (Å²) in [7, 11) is -3.70. The van der Waals surface area contributed by atoms with Gasteiger partial charge in [-0.25, -0.2) is 18.3 Å². The van der Waals surface area contributed by atoms with Crippen LogP contribution in [0.5, 0.6) is 0 Å². The summed E-state index contributed by atoms with van der Waals surface area (Å²) in [4.78, 5) is 14.2. The number of hydroxylamine groups is 1. The Morgan fingerprint density at radius 3 is 2.26 bits per heavy atom. The predicted molar refractivity (Wildman–Crippen MR) is 117 cm³/mol. The van der Waals surface area contributed by atoms with Crippen molar-refractivity contribution in [1.29, 1.82) is 0 Å². The van der Waals surface area contributed by atoms with Gasteiger partial charge >= 0.3 is 0 Å². The zero-order chi connectivity index (χ0) is 22.4. The highest BCUT2D eigenvalue weighted by Crippen LogP contribution is 2.26. The third-order valence-corrected chi connectivity index (χ3v) is 7.70. The average molecular weight is 450 g/mol. The maximum absolute atomic E-state index is 13.1. The number of benzene rings is 2. The lowest BCUT2D eigenvalue weighted by Gasteiger charge is -2.36. The SMILES string of the molecule is CC(CC(CS(=O)(=O)N1CCN(c2ccc(F)cc2)CC1)C(=O)NO)c1ccccc1. The maximum atomic E-state index is 13.1. The van der Waals surface area contributed by atoms with Gasteiger partial charge in [0.05, 0.1) is 11.7 Å². The fourth-order valence-corrected chi connectivity index (χ4v) is 5.65. The molecule has 2 unspecified atom stereocenters. The summed E-state index contributed by atoms with van der Waals surface area (Å²) < 4.78 is 40.6. The molecule has 9 heteroatoms. The van der Waals surface area contributed by atoms with E-state index in [0.717, 1.165) is 11.3 Å². The summed E-state index contributed by atoms with van der Waals surface area (Å²) in [6.45, 7) is 3.44. The third-order valence-electron chi connectivity index (χ3n) is 5.72. The molecule has 31 heavy (non-hydrogen) atoms. The number of carbonyl (C=O) groups is 1. The molecule has 2 aromatic rings. The van der Waals surface area contributed by atoms with E-state index in [-0.39, 0.29) is 30.6 Å². The summed E-state index contributed by atoms with van der Waals surface area (Å²) in [5.41, 5.74) is 3.46. The normalized spacial score (nSPS) is 17.2.